The lowest BCUT2D eigenvalue weighted by atomic mass is 9.83. The van der Waals surface area contributed by atoms with Gasteiger partial charge in [-0.05, 0) is 50.8 Å². The number of nitrogens with zero attached hydrogens (tertiary/aromatic N) is 1. The first-order valence-electron chi connectivity index (χ1n) is 8.75. The molecule has 0 spiro atoms. The number of amides is 1. The number of carbonyl (C=O) groups is 1. The van der Waals surface area contributed by atoms with Crippen LogP contribution in [0.25, 0.3) is 0 Å². The molecular weight excluding hydrogens is 326 g/mol. The van der Waals surface area contributed by atoms with E-state index in [0.717, 1.165) is 0 Å². The van der Waals surface area contributed by atoms with Crippen molar-refractivity contribution in [2.45, 2.75) is 38.1 Å². The number of benzene rings is 1. The number of carbonyl (C=O) groups excluding carboxylic acids is 1. The molecule has 2 unspecified atom stereocenters. The van der Waals surface area contributed by atoms with Crippen LogP contribution in [-0.2, 0) is 0 Å². The summed E-state index contributed by atoms with van der Waals surface area (Å²) >= 11 is 6.06. The molecule has 2 aliphatic rings. The predicted molar refractivity (Wildman–Crippen MR) is 96.7 cm³/mol. The van der Waals surface area contributed by atoms with Crippen molar-refractivity contribution in [3.8, 4) is 5.75 Å². The van der Waals surface area contributed by atoms with Gasteiger partial charge in [-0.1, -0.05) is 18.0 Å². The van der Waals surface area contributed by atoms with Gasteiger partial charge in [0.05, 0.1) is 23.4 Å². The van der Waals surface area contributed by atoms with Crippen LogP contribution in [0.3, 0.4) is 0 Å². The smallest absolute Gasteiger partial charge is 0.255 e. The minimum Gasteiger partial charge on any atom is -0.496 e. The molecule has 1 amide bonds. The van der Waals surface area contributed by atoms with Crippen LogP contribution in [0.1, 0.15) is 42.5 Å². The number of hydrogen-bond acceptors (Lipinski definition) is 4. The van der Waals surface area contributed by atoms with Crippen molar-refractivity contribution in [3.63, 3.8) is 0 Å². The van der Waals surface area contributed by atoms with Crippen molar-refractivity contribution >= 4 is 23.2 Å². The minimum absolute atomic E-state index is 0.151. The van der Waals surface area contributed by atoms with Gasteiger partial charge in [0.2, 0.25) is 0 Å². The van der Waals surface area contributed by atoms with Crippen molar-refractivity contribution in [2.24, 2.45) is 5.92 Å². The summed E-state index contributed by atoms with van der Waals surface area (Å²) in [6, 6.07) is 3.80. The Morgan fingerprint density at radius 2 is 2.12 bits per heavy atom. The second kappa shape index (κ2) is 7.62. The summed E-state index contributed by atoms with van der Waals surface area (Å²) in [7, 11) is 1.53. The van der Waals surface area contributed by atoms with E-state index >= 15 is 0 Å². The molecular formula is C18H26ClN3O2. The van der Waals surface area contributed by atoms with E-state index in [2.05, 4.69) is 10.2 Å². The molecule has 6 heteroatoms. The number of nitrogen functional groups attached to an aromatic ring is 1. The highest BCUT2D eigenvalue weighted by atomic mass is 35.5. The zero-order valence-corrected chi connectivity index (χ0v) is 14.9. The molecule has 2 saturated heterocycles. The second-order valence-corrected chi connectivity index (χ2v) is 7.19. The zero-order valence-electron chi connectivity index (χ0n) is 14.2. The summed E-state index contributed by atoms with van der Waals surface area (Å²) in [5.41, 5.74) is 6.63. The Bertz CT molecular complexity index is 606. The van der Waals surface area contributed by atoms with Crippen LogP contribution in [-0.4, -0.2) is 43.6 Å². The highest BCUT2D eigenvalue weighted by Crippen LogP contribution is 2.31. The number of hydrogen-bond donors (Lipinski definition) is 2. The molecule has 0 radical (unpaired) electrons. The van der Waals surface area contributed by atoms with E-state index < -0.39 is 0 Å². The standard InChI is InChI=1S/C18H26ClN3O2/c1-24-17-10-15(20)14(19)9-13(17)18(23)21-11-12-5-4-8-22-7-3-2-6-16(12)22/h9-10,12,16H,2-8,11,20H2,1H3,(H,21,23). The lowest BCUT2D eigenvalue weighted by molar-refractivity contribution is 0.0575. The fourth-order valence-electron chi connectivity index (χ4n) is 4.05. The van der Waals surface area contributed by atoms with E-state index in [1.807, 2.05) is 0 Å². The predicted octanol–water partition coefficient (Wildman–Crippen LogP) is 2.93. The van der Waals surface area contributed by atoms with Crippen molar-refractivity contribution in [2.75, 3.05) is 32.5 Å². The molecule has 3 N–H and O–H groups in total. The summed E-state index contributed by atoms with van der Waals surface area (Å²) < 4.78 is 5.27. The van der Waals surface area contributed by atoms with Gasteiger partial charge in [0.15, 0.2) is 0 Å². The molecule has 2 aliphatic heterocycles. The van der Waals surface area contributed by atoms with Gasteiger partial charge in [-0.3, -0.25) is 4.79 Å². The number of rotatable bonds is 4. The molecule has 24 heavy (non-hydrogen) atoms. The topological polar surface area (TPSA) is 67.6 Å². The molecule has 3 rings (SSSR count). The molecule has 5 nitrogen and oxygen atoms in total. The number of anilines is 1. The number of halogens is 1. The molecule has 1 aromatic rings. The van der Waals surface area contributed by atoms with Crippen molar-refractivity contribution < 1.29 is 9.53 Å². The molecule has 2 fully saturated rings. The SMILES string of the molecule is COc1cc(N)c(Cl)cc1C(=O)NCC1CCCN2CCCCC12. The van der Waals surface area contributed by atoms with Gasteiger partial charge in [0.25, 0.3) is 5.91 Å². The normalized spacial score (nSPS) is 24.2. The first-order chi connectivity index (χ1) is 11.6. The Kier molecular flexibility index (Phi) is 5.51. The molecule has 0 saturated carbocycles. The van der Waals surface area contributed by atoms with Crippen LogP contribution >= 0.6 is 11.6 Å². The van der Waals surface area contributed by atoms with Gasteiger partial charge in [-0.25, -0.2) is 0 Å². The van der Waals surface area contributed by atoms with Crippen LogP contribution in [0.15, 0.2) is 12.1 Å². The summed E-state index contributed by atoms with van der Waals surface area (Å²) in [5, 5.41) is 3.45. The third kappa shape index (κ3) is 3.62. The molecule has 0 bridgehead atoms. The Balaban J connectivity index is 1.66. The summed E-state index contributed by atoms with van der Waals surface area (Å²) in [4.78, 5) is 15.2. The second-order valence-electron chi connectivity index (χ2n) is 6.79. The van der Waals surface area contributed by atoms with E-state index in [1.54, 1.807) is 12.1 Å². The van der Waals surface area contributed by atoms with Crippen LogP contribution in [0.5, 0.6) is 5.75 Å². The zero-order chi connectivity index (χ0) is 17.1. The van der Waals surface area contributed by atoms with Crippen LogP contribution < -0.4 is 15.8 Å². The van der Waals surface area contributed by atoms with Crippen LogP contribution in [0.2, 0.25) is 5.02 Å². The van der Waals surface area contributed by atoms with Crippen molar-refractivity contribution in [1.29, 1.82) is 0 Å². The number of methoxy groups -OCH3 is 1. The lowest BCUT2D eigenvalue weighted by Gasteiger charge is -2.44. The van der Waals surface area contributed by atoms with E-state index in [4.69, 9.17) is 22.1 Å². The van der Waals surface area contributed by atoms with E-state index in [9.17, 15) is 4.79 Å². The van der Waals surface area contributed by atoms with Crippen LogP contribution in [0, 0.1) is 5.92 Å². The average Bonchev–Trinajstić information content (AvgIpc) is 2.61. The summed E-state index contributed by atoms with van der Waals surface area (Å²) in [6.07, 6.45) is 6.25. The minimum atomic E-state index is -0.151. The highest BCUT2D eigenvalue weighted by Gasteiger charge is 2.33. The maximum Gasteiger partial charge on any atom is 0.255 e. The quantitative estimate of drug-likeness (QED) is 0.818. The van der Waals surface area contributed by atoms with Crippen LogP contribution in [0.4, 0.5) is 5.69 Å². The van der Waals surface area contributed by atoms with Gasteiger partial charge >= 0.3 is 0 Å². The number of ether oxygens (including phenoxy) is 1. The molecule has 2 heterocycles. The Labute approximate surface area is 148 Å². The average molecular weight is 352 g/mol. The molecule has 0 aromatic heterocycles. The summed E-state index contributed by atoms with van der Waals surface area (Å²) in [5.74, 6) is 0.831. The Morgan fingerprint density at radius 1 is 1.33 bits per heavy atom. The summed E-state index contributed by atoms with van der Waals surface area (Å²) in [6.45, 7) is 3.11. The highest BCUT2D eigenvalue weighted by molar-refractivity contribution is 6.33. The molecule has 1 aromatic carbocycles. The Hall–Kier alpha value is -1.46. The first-order valence-corrected chi connectivity index (χ1v) is 9.13. The maximum atomic E-state index is 12.6. The first kappa shape index (κ1) is 17.4. The van der Waals surface area contributed by atoms with Gasteiger partial charge in [-0.2, -0.15) is 0 Å². The van der Waals surface area contributed by atoms with E-state index in [0.29, 0.717) is 40.5 Å². The van der Waals surface area contributed by atoms with Crippen molar-refractivity contribution in [1.82, 2.24) is 10.2 Å². The third-order valence-corrected chi connectivity index (χ3v) is 5.64. The number of piperidine rings is 2. The number of nitrogens with two attached hydrogens (primary N) is 1. The number of nitrogens with one attached hydrogen (secondary N) is 1. The molecule has 0 aliphatic carbocycles. The largest absolute Gasteiger partial charge is 0.496 e. The van der Waals surface area contributed by atoms with Gasteiger partial charge in [0, 0.05) is 18.7 Å². The third-order valence-electron chi connectivity index (χ3n) is 5.32. The van der Waals surface area contributed by atoms with Gasteiger partial charge in [0.1, 0.15) is 5.75 Å². The number of fused-ring (bicyclic) bond motifs is 1. The monoisotopic (exact) mass is 351 g/mol. The molecule has 132 valence electrons. The van der Waals surface area contributed by atoms with E-state index in [-0.39, 0.29) is 5.91 Å². The maximum absolute atomic E-state index is 12.6. The fourth-order valence-corrected chi connectivity index (χ4v) is 4.21. The molecule has 2 atom stereocenters. The fraction of sp³-hybridized carbons (Fsp3) is 0.611. The Morgan fingerprint density at radius 3 is 2.92 bits per heavy atom. The van der Waals surface area contributed by atoms with Crippen molar-refractivity contribution in [3.05, 3.63) is 22.7 Å². The van der Waals surface area contributed by atoms with Gasteiger partial charge in [-0.15, -0.1) is 0 Å². The lowest BCUT2D eigenvalue weighted by Crippen LogP contribution is -2.51. The van der Waals surface area contributed by atoms with Gasteiger partial charge < -0.3 is 20.7 Å². The van der Waals surface area contributed by atoms with E-state index in [1.165, 1.54) is 52.3 Å².